The second-order valence-electron chi connectivity index (χ2n) is 8.66. The average molecular weight is 470 g/mol. The molecule has 1 unspecified atom stereocenters. The number of halogens is 2. The number of hydrogen-bond donors (Lipinski definition) is 2. The fourth-order valence-corrected chi connectivity index (χ4v) is 4.00. The van der Waals surface area contributed by atoms with Gasteiger partial charge in [-0.1, -0.05) is 43.1 Å². The molecule has 0 aliphatic rings. The molecular weight excluding hydrogens is 445 g/mol. The van der Waals surface area contributed by atoms with Crippen LogP contribution in [0.2, 0.25) is 10.0 Å². The van der Waals surface area contributed by atoms with Gasteiger partial charge in [0.25, 0.3) is 0 Å². The first kappa shape index (κ1) is 22.6. The van der Waals surface area contributed by atoms with E-state index in [0.29, 0.717) is 15.7 Å². The van der Waals surface area contributed by atoms with Gasteiger partial charge in [-0.2, -0.15) is 0 Å². The van der Waals surface area contributed by atoms with Crippen molar-refractivity contribution in [1.82, 2.24) is 29.9 Å². The summed E-state index contributed by atoms with van der Waals surface area (Å²) in [6.45, 7) is 8.11. The predicted molar refractivity (Wildman–Crippen MR) is 129 cm³/mol. The Morgan fingerprint density at radius 1 is 1.03 bits per heavy atom. The van der Waals surface area contributed by atoms with Gasteiger partial charge in [0.2, 0.25) is 0 Å². The minimum absolute atomic E-state index is 0.190. The molecular formula is C23H25Cl2N7. The van der Waals surface area contributed by atoms with Crippen molar-refractivity contribution < 1.29 is 0 Å². The van der Waals surface area contributed by atoms with E-state index in [2.05, 4.69) is 34.3 Å². The highest BCUT2D eigenvalue weighted by Gasteiger charge is 2.32. The molecule has 4 aromatic rings. The van der Waals surface area contributed by atoms with E-state index < -0.39 is 5.54 Å². The molecule has 166 valence electrons. The molecule has 0 radical (unpaired) electrons. The van der Waals surface area contributed by atoms with Gasteiger partial charge < -0.3 is 11.1 Å². The van der Waals surface area contributed by atoms with Crippen molar-refractivity contribution in [2.45, 2.75) is 45.3 Å². The summed E-state index contributed by atoms with van der Waals surface area (Å²) in [6.07, 6.45) is 5.13. The van der Waals surface area contributed by atoms with Crippen molar-refractivity contribution in [3.05, 3.63) is 64.9 Å². The first-order valence-electron chi connectivity index (χ1n) is 10.3. The van der Waals surface area contributed by atoms with Gasteiger partial charge in [-0.15, -0.1) is 10.2 Å². The third kappa shape index (κ3) is 4.34. The number of hydrogen-bond acceptors (Lipinski definition) is 6. The van der Waals surface area contributed by atoms with Gasteiger partial charge in [0.15, 0.2) is 5.65 Å². The SMILES string of the molecule is CC(C)NC(c1nc(-c2ccncc2)c(-c2ccc(Cl)c(Cl)c2)c2nncn12)C(C)(C)N. The molecule has 0 aliphatic heterocycles. The Labute approximate surface area is 197 Å². The van der Waals surface area contributed by atoms with E-state index in [1.165, 1.54) is 0 Å². The topological polar surface area (TPSA) is 94.0 Å². The lowest BCUT2D eigenvalue weighted by Gasteiger charge is -2.33. The minimum atomic E-state index is -0.602. The fraction of sp³-hybridized carbons (Fsp3) is 0.304. The molecule has 9 heteroatoms. The Balaban J connectivity index is 2.08. The molecule has 0 amide bonds. The van der Waals surface area contributed by atoms with Gasteiger partial charge in [0.1, 0.15) is 12.2 Å². The van der Waals surface area contributed by atoms with Crippen molar-refractivity contribution in [1.29, 1.82) is 0 Å². The number of benzene rings is 1. The molecule has 32 heavy (non-hydrogen) atoms. The van der Waals surface area contributed by atoms with Crippen LogP contribution in [-0.2, 0) is 0 Å². The van der Waals surface area contributed by atoms with E-state index in [1.807, 2.05) is 42.5 Å². The summed E-state index contributed by atoms with van der Waals surface area (Å²) in [4.78, 5) is 9.28. The van der Waals surface area contributed by atoms with E-state index in [-0.39, 0.29) is 12.1 Å². The average Bonchev–Trinajstić information content (AvgIpc) is 3.23. The highest BCUT2D eigenvalue weighted by atomic mass is 35.5. The Kier molecular flexibility index (Phi) is 6.18. The van der Waals surface area contributed by atoms with Crippen LogP contribution in [0.5, 0.6) is 0 Å². The van der Waals surface area contributed by atoms with Gasteiger partial charge in [-0.25, -0.2) is 4.98 Å². The predicted octanol–water partition coefficient (Wildman–Crippen LogP) is 4.94. The van der Waals surface area contributed by atoms with Crippen LogP contribution in [0.1, 0.15) is 39.6 Å². The van der Waals surface area contributed by atoms with Crippen LogP contribution in [0, 0.1) is 0 Å². The van der Waals surface area contributed by atoms with E-state index in [1.54, 1.807) is 24.8 Å². The standard InChI is InChI=1S/C23H25Cl2N7/c1-13(2)29-20(23(3,4)26)22-30-19(14-7-9-27-10-8-14)18(21-31-28-12-32(21)22)15-5-6-16(24)17(25)11-15/h5-13,20,29H,26H2,1-4H3. The first-order valence-corrected chi connectivity index (χ1v) is 11.1. The smallest absolute Gasteiger partial charge is 0.172 e. The Hall–Kier alpha value is -2.58. The molecule has 0 fully saturated rings. The maximum absolute atomic E-state index is 6.60. The molecule has 7 nitrogen and oxygen atoms in total. The Morgan fingerprint density at radius 2 is 1.75 bits per heavy atom. The summed E-state index contributed by atoms with van der Waals surface area (Å²) in [5.41, 5.74) is 9.91. The van der Waals surface area contributed by atoms with E-state index in [9.17, 15) is 0 Å². The van der Waals surface area contributed by atoms with Crippen molar-refractivity contribution in [2.24, 2.45) is 5.73 Å². The number of pyridine rings is 1. The fourth-order valence-electron chi connectivity index (χ4n) is 3.70. The third-order valence-corrected chi connectivity index (χ3v) is 5.88. The maximum Gasteiger partial charge on any atom is 0.172 e. The summed E-state index contributed by atoms with van der Waals surface area (Å²) in [7, 11) is 0. The zero-order valence-corrected chi connectivity index (χ0v) is 19.9. The van der Waals surface area contributed by atoms with Crippen molar-refractivity contribution in [3.63, 3.8) is 0 Å². The number of nitrogens with zero attached hydrogens (tertiary/aromatic N) is 5. The maximum atomic E-state index is 6.60. The van der Waals surface area contributed by atoms with Crippen molar-refractivity contribution in [2.75, 3.05) is 0 Å². The molecule has 0 spiro atoms. The molecule has 0 aliphatic carbocycles. The van der Waals surface area contributed by atoms with Crippen molar-refractivity contribution >= 4 is 28.8 Å². The first-order chi connectivity index (χ1) is 15.2. The molecule has 3 aromatic heterocycles. The summed E-state index contributed by atoms with van der Waals surface area (Å²) < 4.78 is 1.89. The van der Waals surface area contributed by atoms with Gasteiger partial charge in [0, 0.05) is 29.5 Å². The number of nitrogens with one attached hydrogen (secondary N) is 1. The second kappa shape index (κ2) is 8.75. The van der Waals surface area contributed by atoms with Crippen LogP contribution in [0.3, 0.4) is 0 Å². The second-order valence-corrected chi connectivity index (χ2v) is 9.47. The Morgan fingerprint density at radius 3 is 2.38 bits per heavy atom. The molecule has 0 bridgehead atoms. The van der Waals surface area contributed by atoms with Crippen LogP contribution >= 0.6 is 23.2 Å². The molecule has 0 saturated carbocycles. The van der Waals surface area contributed by atoms with Crippen LogP contribution in [0.25, 0.3) is 28.0 Å². The lowest BCUT2D eigenvalue weighted by atomic mass is 9.93. The quantitative estimate of drug-likeness (QED) is 0.415. The Bertz CT molecular complexity index is 1250. The van der Waals surface area contributed by atoms with E-state index in [0.717, 1.165) is 28.2 Å². The molecule has 0 saturated heterocycles. The number of aromatic nitrogens is 5. The van der Waals surface area contributed by atoms with Crippen molar-refractivity contribution in [3.8, 4) is 22.4 Å². The zero-order valence-electron chi connectivity index (χ0n) is 18.3. The molecule has 4 rings (SSSR count). The van der Waals surface area contributed by atoms with Gasteiger partial charge in [0.05, 0.1) is 27.3 Å². The van der Waals surface area contributed by atoms with Gasteiger partial charge >= 0.3 is 0 Å². The lowest BCUT2D eigenvalue weighted by Crippen LogP contribution is -2.49. The molecule has 1 aromatic carbocycles. The summed E-state index contributed by atoms with van der Waals surface area (Å²) in [5.74, 6) is 0.724. The zero-order chi connectivity index (χ0) is 23.0. The summed E-state index contributed by atoms with van der Waals surface area (Å²) in [5, 5.41) is 13.1. The van der Waals surface area contributed by atoms with E-state index >= 15 is 0 Å². The normalized spacial score (nSPS) is 13.1. The monoisotopic (exact) mass is 469 g/mol. The number of rotatable bonds is 6. The number of fused-ring (bicyclic) bond motifs is 1. The highest BCUT2D eigenvalue weighted by Crippen LogP contribution is 2.38. The highest BCUT2D eigenvalue weighted by molar-refractivity contribution is 6.42. The minimum Gasteiger partial charge on any atom is -0.324 e. The van der Waals surface area contributed by atoms with Crippen LogP contribution in [0.15, 0.2) is 49.1 Å². The van der Waals surface area contributed by atoms with Crippen LogP contribution < -0.4 is 11.1 Å². The van der Waals surface area contributed by atoms with Crippen LogP contribution in [0.4, 0.5) is 0 Å². The van der Waals surface area contributed by atoms with Crippen LogP contribution in [-0.4, -0.2) is 36.1 Å². The summed E-state index contributed by atoms with van der Waals surface area (Å²) >= 11 is 12.5. The third-order valence-electron chi connectivity index (χ3n) is 5.15. The largest absolute Gasteiger partial charge is 0.324 e. The van der Waals surface area contributed by atoms with Gasteiger partial charge in [-0.05, 0) is 43.7 Å². The summed E-state index contributed by atoms with van der Waals surface area (Å²) in [6, 6.07) is 9.25. The molecule has 3 heterocycles. The number of nitrogens with two attached hydrogens (primary N) is 1. The van der Waals surface area contributed by atoms with E-state index in [4.69, 9.17) is 33.9 Å². The lowest BCUT2D eigenvalue weighted by molar-refractivity contribution is 0.313. The molecule has 1 atom stereocenters. The van der Waals surface area contributed by atoms with Gasteiger partial charge in [-0.3, -0.25) is 9.38 Å². The molecule has 3 N–H and O–H groups in total.